The van der Waals surface area contributed by atoms with Crippen molar-refractivity contribution in [2.24, 2.45) is 0 Å². The first-order valence-electron chi connectivity index (χ1n) is 9.76. The molecule has 7 heteroatoms. The largest absolute Gasteiger partial charge is 0.507 e. The highest BCUT2D eigenvalue weighted by molar-refractivity contribution is 5.91. The highest BCUT2D eigenvalue weighted by Gasteiger charge is 2.17. The van der Waals surface area contributed by atoms with E-state index in [1.165, 1.54) is 12.1 Å². The lowest BCUT2D eigenvalue weighted by Gasteiger charge is -2.14. The fraction of sp³-hybridized carbons (Fsp3) is 0.409. The quantitative estimate of drug-likeness (QED) is 0.316. The summed E-state index contributed by atoms with van der Waals surface area (Å²) in [6.07, 6.45) is 4.92. The summed E-state index contributed by atoms with van der Waals surface area (Å²) in [5, 5.41) is 38.0. The Bertz CT molecular complexity index is 850. The van der Waals surface area contributed by atoms with Gasteiger partial charge in [-0.1, -0.05) is 26.2 Å². The Kier molecular flexibility index (Phi) is 8.12. The number of phenols is 3. The van der Waals surface area contributed by atoms with Crippen molar-refractivity contribution in [3.63, 3.8) is 0 Å². The molecule has 29 heavy (non-hydrogen) atoms. The number of unbranched alkanes of at least 4 members (excludes halogenated alkanes) is 3. The summed E-state index contributed by atoms with van der Waals surface area (Å²) in [6, 6.07) is 5.08. The van der Waals surface area contributed by atoms with Gasteiger partial charge in [0.25, 0.3) is 0 Å². The zero-order valence-electron chi connectivity index (χ0n) is 16.4. The van der Waals surface area contributed by atoms with Crippen LogP contribution in [0.2, 0.25) is 0 Å². The molecular weight excluding hydrogens is 379 g/mol. The van der Waals surface area contributed by atoms with Gasteiger partial charge in [-0.2, -0.15) is 0 Å². The molecule has 2 aromatic rings. The van der Waals surface area contributed by atoms with Crippen molar-refractivity contribution in [2.75, 3.05) is 6.61 Å². The summed E-state index contributed by atoms with van der Waals surface area (Å²) >= 11 is 0. The van der Waals surface area contributed by atoms with Crippen LogP contribution in [0.4, 0.5) is 4.39 Å². The molecule has 158 valence electrons. The van der Waals surface area contributed by atoms with Gasteiger partial charge in [-0.25, -0.2) is 9.18 Å². The van der Waals surface area contributed by atoms with E-state index < -0.39 is 17.5 Å². The third-order valence-corrected chi connectivity index (χ3v) is 4.71. The molecule has 0 aromatic heterocycles. The van der Waals surface area contributed by atoms with Crippen LogP contribution in [0.5, 0.6) is 23.0 Å². The fourth-order valence-electron chi connectivity index (χ4n) is 3.16. The van der Waals surface area contributed by atoms with E-state index in [9.17, 15) is 24.5 Å². The Morgan fingerprint density at radius 3 is 2.38 bits per heavy atom. The van der Waals surface area contributed by atoms with E-state index in [-0.39, 0.29) is 17.1 Å². The zero-order valence-corrected chi connectivity index (χ0v) is 16.4. The first-order valence-corrected chi connectivity index (χ1v) is 9.76. The lowest BCUT2D eigenvalue weighted by Crippen LogP contribution is -2.04. The Hall–Kier alpha value is -2.96. The summed E-state index contributed by atoms with van der Waals surface area (Å²) in [7, 11) is 0. The molecule has 0 unspecified atom stereocenters. The van der Waals surface area contributed by atoms with Gasteiger partial charge in [-0.15, -0.1) is 0 Å². The van der Waals surface area contributed by atoms with Gasteiger partial charge in [0.2, 0.25) is 0 Å². The number of benzene rings is 2. The smallest absolute Gasteiger partial charge is 0.339 e. The van der Waals surface area contributed by atoms with Gasteiger partial charge >= 0.3 is 5.97 Å². The Labute approximate surface area is 169 Å². The van der Waals surface area contributed by atoms with Crippen LogP contribution in [0.3, 0.4) is 0 Å². The Morgan fingerprint density at radius 2 is 1.69 bits per heavy atom. The number of hydrogen-bond donors (Lipinski definition) is 4. The molecule has 0 fully saturated rings. The van der Waals surface area contributed by atoms with Crippen LogP contribution >= 0.6 is 0 Å². The number of rotatable bonds is 11. The highest BCUT2D eigenvalue weighted by Crippen LogP contribution is 2.33. The Balaban J connectivity index is 1.79. The summed E-state index contributed by atoms with van der Waals surface area (Å²) in [4.78, 5) is 11.2. The van der Waals surface area contributed by atoms with Crippen molar-refractivity contribution in [3.8, 4) is 23.0 Å². The van der Waals surface area contributed by atoms with E-state index in [4.69, 9.17) is 9.84 Å². The molecule has 6 nitrogen and oxygen atoms in total. The number of phenolic OH excluding ortho intramolecular Hbond substituents is 2. The number of aryl methyl sites for hydroxylation is 1. The third-order valence-electron chi connectivity index (χ3n) is 4.71. The van der Waals surface area contributed by atoms with Crippen molar-refractivity contribution in [3.05, 3.63) is 46.8 Å². The molecule has 0 aliphatic carbocycles. The SMILES string of the molecule is CCCc1c(OCCCCCCc2cc(O)c(O)cc2F)ccc(C(=O)O)c1O. The first kappa shape index (κ1) is 22.3. The lowest BCUT2D eigenvalue weighted by atomic mass is 10.0. The lowest BCUT2D eigenvalue weighted by molar-refractivity contribution is 0.0693. The van der Waals surface area contributed by atoms with Crippen LogP contribution in [0.1, 0.15) is 60.5 Å². The molecule has 0 spiro atoms. The molecule has 0 heterocycles. The Morgan fingerprint density at radius 1 is 1.00 bits per heavy atom. The highest BCUT2D eigenvalue weighted by atomic mass is 19.1. The maximum Gasteiger partial charge on any atom is 0.339 e. The van der Waals surface area contributed by atoms with Crippen molar-refractivity contribution >= 4 is 5.97 Å². The number of hydrogen-bond acceptors (Lipinski definition) is 5. The van der Waals surface area contributed by atoms with Crippen LogP contribution in [0, 0.1) is 5.82 Å². The maximum atomic E-state index is 13.7. The molecule has 2 aromatic carbocycles. The molecule has 0 amide bonds. The van der Waals surface area contributed by atoms with Gasteiger partial charge in [-0.05, 0) is 49.4 Å². The van der Waals surface area contributed by atoms with Crippen molar-refractivity contribution in [2.45, 2.75) is 51.9 Å². The van der Waals surface area contributed by atoms with Crippen LogP contribution in [0.25, 0.3) is 0 Å². The molecule has 0 saturated carbocycles. The van der Waals surface area contributed by atoms with Gasteiger partial charge in [0.15, 0.2) is 11.5 Å². The van der Waals surface area contributed by atoms with Crippen LogP contribution < -0.4 is 4.74 Å². The number of carboxylic acid groups (broad SMARTS) is 1. The zero-order chi connectivity index (χ0) is 21.4. The van der Waals surface area contributed by atoms with Crippen molar-refractivity contribution in [1.29, 1.82) is 0 Å². The average Bonchev–Trinajstić information content (AvgIpc) is 2.67. The number of halogens is 1. The van der Waals surface area contributed by atoms with E-state index in [0.717, 1.165) is 38.2 Å². The average molecular weight is 406 g/mol. The fourth-order valence-corrected chi connectivity index (χ4v) is 3.16. The van der Waals surface area contributed by atoms with Gasteiger partial charge in [0.1, 0.15) is 22.9 Å². The number of ether oxygens (including phenoxy) is 1. The predicted octanol–water partition coefficient (Wildman–Crippen LogP) is 4.78. The minimum Gasteiger partial charge on any atom is -0.507 e. The second-order valence-electron chi connectivity index (χ2n) is 6.94. The van der Waals surface area contributed by atoms with Gasteiger partial charge < -0.3 is 25.2 Å². The van der Waals surface area contributed by atoms with Crippen LogP contribution in [0.15, 0.2) is 24.3 Å². The summed E-state index contributed by atoms with van der Waals surface area (Å²) in [6.45, 7) is 2.37. The second kappa shape index (κ2) is 10.5. The minimum absolute atomic E-state index is 0.131. The molecule has 0 aliphatic heterocycles. The van der Waals surface area contributed by atoms with Crippen LogP contribution in [-0.2, 0) is 12.8 Å². The number of carboxylic acids is 1. The van der Waals surface area contributed by atoms with Gasteiger partial charge in [0, 0.05) is 11.6 Å². The summed E-state index contributed by atoms with van der Waals surface area (Å²) in [5.74, 6) is -2.24. The predicted molar refractivity (Wildman–Crippen MR) is 106 cm³/mol. The minimum atomic E-state index is -1.18. The van der Waals surface area contributed by atoms with E-state index in [2.05, 4.69) is 0 Å². The van der Waals surface area contributed by atoms with E-state index >= 15 is 0 Å². The van der Waals surface area contributed by atoms with E-state index in [1.54, 1.807) is 6.07 Å². The molecule has 0 aliphatic rings. The van der Waals surface area contributed by atoms with Crippen molar-refractivity contribution in [1.82, 2.24) is 0 Å². The summed E-state index contributed by atoms with van der Waals surface area (Å²) in [5.41, 5.74) is 0.748. The monoisotopic (exact) mass is 406 g/mol. The normalized spacial score (nSPS) is 10.8. The molecule has 0 atom stereocenters. The summed E-state index contributed by atoms with van der Waals surface area (Å²) < 4.78 is 19.5. The molecule has 4 N–H and O–H groups in total. The molecule has 0 saturated heterocycles. The molecule has 2 rings (SSSR count). The topological polar surface area (TPSA) is 107 Å². The third kappa shape index (κ3) is 6.01. The number of carbonyl (C=O) groups is 1. The van der Waals surface area contributed by atoms with E-state index in [1.807, 2.05) is 6.92 Å². The van der Waals surface area contributed by atoms with E-state index in [0.29, 0.717) is 36.3 Å². The second-order valence-corrected chi connectivity index (χ2v) is 6.94. The van der Waals surface area contributed by atoms with Gasteiger partial charge in [-0.3, -0.25) is 0 Å². The molecule has 0 bridgehead atoms. The first-order chi connectivity index (χ1) is 13.8. The number of aromatic hydroxyl groups is 3. The maximum absolute atomic E-state index is 13.7. The standard InChI is InChI=1S/C22H27FO6/c1-2-7-15-20(10-9-16(21(15)26)22(27)28)29-11-6-4-3-5-8-14-12-18(24)19(25)13-17(14)23/h9-10,12-13,24-26H,2-8,11H2,1H3,(H,27,28). The molecule has 0 radical (unpaired) electrons. The van der Waals surface area contributed by atoms with Gasteiger partial charge in [0.05, 0.1) is 6.61 Å². The molecular formula is C22H27FO6. The van der Waals surface area contributed by atoms with Crippen molar-refractivity contribution < 1.29 is 34.3 Å². The van der Waals surface area contributed by atoms with Crippen LogP contribution in [-0.4, -0.2) is 33.0 Å². The number of aromatic carboxylic acids is 1.